The maximum Gasteiger partial charge on any atom is 0.110 e. The van der Waals surface area contributed by atoms with Crippen molar-refractivity contribution in [2.75, 3.05) is 0 Å². The van der Waals surface area contributed by atoms with Crippen LogP contribution in [0.25, 0.3) is 55.9 Å². The monoisotopic (exact) mass is 816 g/mol. The second-order valence-electron chi connectivity index (χ2n) is 18.3. The van der Waals surface area contributed by atoms with E-state index in [2.05, 4.69) is 197 Å². The van der Waals surface area contributed by atoms with E-state index >= 15 is 0 Å². The zero-order valence-electron chi connectivity index (χ0n) is 37.3. The molecule has 0 aliphatic rings. The Balaban J connectivity index is 1.56. The van der Waals surface area contributed by atoms with Crippen molar-refractivity contribution in [2.24, 2.45) is 0 Å². The lowest BCUT2D eigenvalue weighted by atomic mass is 9.87. The predicted octanol–water partition coefficient (Wildman–Crippen LogP) is 17.2. The van der Waals surface area contributed by atoms with Gasteiger partial charge < -0.3 is 0 Å². The van der Waals surface area contributed by atoms with Crippen molar-refractivity contribution in [2.45, 2.75) is 109 Å². The topological polar surface area (TPSA) is 9.86 Å². The fraction of sp³-hybridized carbons (Fsp3) is 0.302. The van der Waals surface area contributed by atoms with Crippen LogP contribution in [0.1, 0.15) is 92.6 Å². The summed E-state index contributed by atoms with van der Waals surface area (Å²) in [5.41, 5.74) is 29.8. The van der Waals surface area contributed by atoms with E-state index in [1.54, 1.807) is 5.03 Å². The van der Waals surface area contributed by atoms with Crippen molar-refractivity contribution in [1.82, 2.24) is 8.18 Å². The van der Waals surface area contributed by atoms with Crippen LogP contribution in [0.2, 0.25) is 0 Å². The number of para-hydroxylation sites is 2. The molecule has 8 rings (SSSR count). The molecule has 2 unspecified atom stereocenters. The van der Waals surface area contributed by atoms with Crippen LogP contribution >= 0.6 is 22.9 Å². The fourth-order valence-electron chi connectivity index (χ4n) is 10.1. The Kier molecular flexibility index (Phi) is 10.3. The van der Waals surface area contributed by atoms with Gasteiger partial charge in [-0.05, 0) is 155 Å². The van der Waals surface area contributed by atoms with E-state index in [0.717, 1.165) is 0 Å². The second kappa shape index (κ2) is 14.8. The van der Waals surface area contributed by atoms with Gasteiger partial charge in [-0.1, -0.05) is 128 Å². The first-order chi connectivity index (χ1) is 27.4. The third kappa shape index (κ3) is 6.81. The molecule has 5 heteroatoms. The fourth-order valence-corrected chi connectivity index (χ4v) is 22.7. The number of aromatic nitrogens is 2. The Morgan fingerprint density at radius 3 is 0.966 bits per heavy atom. The molecule has 296 valence electrons. The van der Waals surface area contributed by atoms with Gasteiger partial charge in [0, 0.05) is 35.6 Å². The number of hydrogen-bond donors (Lipinski definition) is 0. The van der Waals surface area contributed by atoms with Crippen molar-refractivity contribution in [3.05, 3.63) is 157 Å². The predicted molar refractivity (Wildman–Crippen MR) is 259 cm³/mol. The lowest BCUT2D eigenvalue weighted by molar-refractivity contribution is 0.615. The average molecular weight is 817 g/mol. The molecule has 2 aromatic heterocycles. The van der Waals surface area contributed by atoms with E-state index in [-0.39, 0.29) is 5.41 Å². The van der Waals surface area contributed by atoms with Gasteiger partial charge in [-0.2, -0.15) is 0 Å². The molecule has 0 N–H and O–H groups in total. The molecule has 0 radical (unpaired) electrons. The smallest absolute Gasteiger partial charge is 0.110 e. The van der Waals surface area contributed by atoms with E-state index in [9.17, 15) is 0 Å². The Hall–Kier alpha value is -4.31. The van der Waals surface area contributed by atoms with Crippen LogP contribution < -0.4 is 0 Å². The molecule has 58 heavy (non-hydrogen) atoms. The molecule has 0 aliphatic heterocycles. The van der Waals surface area contributed by atoms with Gasteiger partial charge >= 0.3 is 0 Å². The maximum atomic E-state index is 2.94. The van der Waals surface area contributed by atoms with Gasteiger partial charge in [0.15, 0.2) is 0 Å². The van der Waals surface area contributed by atoms with Gasteiger partial charge in [0.25, 0.3) is 0 Å². The summed E-state index contributed by atoms with van der Waals surface area (Å²) in [6.45, 7) is 34.8. The number of nitrogens with zero attached hydrogens (tertiary/aromatic N) is 2. The minimum atomic E-state index is -0.728. The first kappa shape index (κ1) is 40.5. The molecular weight excluding hydrogens is 758 g/mol. The van der Waals surface area contributed by atoms with Crippen LogP contribution in [0.4, 0.5) is 0 Å². The number of aryl methyl sites for hydroxylation is 12. The van der Waals surface area contributed by atoms with Crippen LogP contribution in [-0.2, 0) is 5.41 Å². The highest BCUT2D eigenvalue weighted by atomic mass is 31.9. The van der Waals surface area contributed by atoms with Gasteiger partial charge in [-0.25, -0.2) is 0 Å². The lowest BCUT2D eigenvalue weighted by Crippen LogP contribution is -2.08. The minimum Gasteiger partial charge on any atom is -0.259 e. The van der Waals surface area contributed by atoms with Crippen LogP contribution in [0.15, 0.2) is 84.9 Å². The van der Waals surface area contributed by atoms with Crippen LogP contribution in [0.3, 0.4) is 0 Å². The summed E-state index contributed by atoms with van der Waals surface area (Å²) in [7, 11) is 0.0235. The standard InChI is InChI=1S/C53H59N2P3/c1-30-22-34(5)46(35(6)23-30)42-18-16-19-43(47-36(7)24-31(2)25-37(47)8)50(42)54-56-52(53(13,14)15)57-55(58(54)57)51-44(48-38(9)26-32(3)27-39(48)10)20-17-21-45(51)49-40(11)28-33(4)29-41(49)12/h16-29H,1-15H3. The summed E-state index contributed by atoms with van der Waals surface area (Å²) in [4.78, 5) is 0. The summed E-state index contributed by atoms with van der Waals surface area (Å²) in [6.07, 6.45) is 0. The largest absolute Gasteiger partial charge is 0.259 e. The lowest BCUT2D eigenvalue weighted by Gasteiger charge is -2.23. The molecule has 0 spiro atoms. The highest BCUT2D eigenvalue weighted by Crippen LogP contribution is 2.72. The van der Waals surface area contributed by atoms with Crippen LogP contribution in [0, 0.1) is 83.1 Å². The molecule has 0 saturated heterocycles. The van der Waals surface area contributed by atoms with Gasteiger partial charge in [0.05, 0.1) is 18.5 Å². The van der Waals surface area contributed by atoms with Crippen molar-refractivity contribution in [3.8, 4) is 55.9 Å². The summed E-state index contributed by atoms with van der Waals surface area (Å²) < 4.78 is 5.82. The SMILES string of the molecule is Cc1cc(C)c(-c2cccc(-c3c(C)cc(C)cc3C)c2-n2pc(C(C)(C)C)p3n(-c4c(-c5c(C)cc(C)cc5C)cccc4-c4c(C)cc(C)cc4C)p23)c(C)c1. The molecular formula is C53H59N2P3. The number of rotatable bonds is 6. The third-order valence-electron chi connectivity index (χ3n) is 12.0. The Morgan fingerprint density at radius 1 is 0.414 bits per heavy atom. The van der Waals surface area contributed by atoms with E-state index in [0.29, 0.717) is 0 Å². The molecule has 2 nitrogen and oxygen atoms in total. The van der Waals surface area contributed by atoms with Gasteiger partial charge in [0.2, 0.25) is 0 Å². The molecule has 0 saturated carbocycles. The molecule has 6 aromatic carbocycles. The first-order valence-corrected chi connectivity index (χ1v) is 24.8. The zero-order chi connectivity index (χ0) is 41.7. The molecule has 0 amide bonds. The average Bonchev–Trinajstić information content (AvgIpc) is 3.66. The Morgan fingerprint density at radius 2 is 0.690 bits per heavy atom. The Labute approximate surface area is 351 Å². The van der Waals surface area contributed by atoms with E-state index < -0.39 is 14.5 Å². The number of fused-ring (bicyclic) bond motifs is 1. The molecule has 2 atom stereocenters. The van der Waals surface area contributed by atoms with E-state index in [1.807, 2.05) is 0 Å². The molecule has 2 heterocycles. The highest BCUT2D eigenvalue weighted by molar-refractivity contribution is 8.14. The van der Waals surface area contributed by atoms with Gasteiger partial charge in [0.1, 0.15) is 7.33 Å². The van der Waals surface area contributed by atoms with Crippen molar-refractivity contribution >= 4 is 22.9 Å². The maximum absolute atomic E-state index is 2.94. The van der Waals surface area contributed by atoms with Crippen molar-refractivity contribution in [1.29, 1.82) is 0 Å². The molecule has 8 aromatic rings. The van der Waals surface area contributed by atoms with E-state index in [4.69, 9.17) is 0 Å². The van der Waals surface area contributed by atoms with Crippen molar-refractivity contribution < 1.29 is 0 Å². The van der Waals surface area contributed by atoms with E-state index in [1.165, 1.54) is 131 Å². The highest BCUT2D eigenvalue weighted by Gasteiger charge is 2.36. The summed E-state index contributed by atoms with van der Waals surface area (Å²) in [5, 5.41) is 1.67. The van der Waals surface area contributed by atoms with Gasteiger partial charge in [-0.15, -0.1) is 0 Å². The number of hydrogen-bond acceptors (Lipinski definition) is 0. The summed E-state index contributed by atoms with van der Waals surface area (Å²) in [5.74, 6) is 0. The third-order valence-corrected chi connectivity index (χ3v) is 22.2. The minimum absolute atomic E-state index is 0.0400. The molecule has 0 aliphatic carbocycles. The first-order valence-electron chi connectivity index (χ1n) is 20.8. The zero-order valence-corrected chi connectivity index (χ0v) is 40.0. The summed E-state index contributed by atoms with van der Waals surface area (Å²) in [6, 6.07) is 33.3. The normalized spacial score (nSPS) is 12.8. The molecule has 0 fully saturated rings. The van der Waals surface area contributed by atoms with Crippen LogP contribution in [-0.4, -0.2) is 8.18 Å². The molecule has 0 bridgehead atoms. The Bertz CT molecular complexity index is 2700. The number of benzene rings is 6. The second-order valence-corrected chi connectivity index (χ2v) is 25.3. The quantitative estimate of drug-likeness (QED) is 0.158. The van der Waals surface area contributed by atoms with Crippen molar-refractivity contribution in [3.63, 3.8) is 0 Å². The van der Waals surface area contributed by atoms with Gasteiger partial charge in [-0.3, -0.25) is 8.18 Å². The summed E-state index contributed by atoms with van der Waals surface area (Å²) >= 11 is 0. The van der Waals surface area contributed by atoms with Crippen LogP contribution in [0.5, 0.6) is 0 Å².